The summed E-state index contributed by atoms with van der Waals surface area (Å²) in [6.07, 6.45) is 0.954. The fourth-order valence-corrected chi connectivity index (χ4v) is 2.79. The highest BCUT2D eigenvalue weighted by atomic mass is 32.1. The average Bonchev–Trinajstić information content (AvgIpc) is 2.93. The molecule has 0 saturated carbocycles. The van der Waals surface area contributed by atoms with Crippen LogP contribution in [0.1, 0.15) is 41.7 Å². The Balaban J connectivity index is 2.39. The fourth-order valence-electron chi connectivity index (χ4n) is 2.04. The van der Waals surface area contributed by atoms with Gasteiger partial charge in [0.05, 0.1) is 17.4 Å². The van der Waals surface area contributed by atoms with Gasteiger partial charge < -0.3 is 5.73 Å². The zero-order valence-corrected chi connectivity index (χ0v) is 11.4. The number of nitrogens with zero attached hydrogens (tertiary/aromatic N) is 2. The van der Waals surface area contributed by atoms with Crippen molar-refractivity contribution in [1.82, 2.24) is 9.78 Å². The maximum absolute atomic E-state index is 6.35. The van der Waals surface area contributed by atoms with Crippen LogP contribution in [0.2, 0.25) is 0 Å². The first-order chi connectivity index (χ1) is 8.17. The molecule has 0 aliphatic carbocycles. The van der Waals surface area contributed by atoms with E-state index in [0.717, 1.165) is 24.4 Å². The van der Waals surface area contributed by atoms with E-state index in [4.69, 9.17) is 5.73 Å². The van der Waals surface area contributed by atoms with Gasteiger partial charge in [-0.05, 0) is 43.3 Å². The molecule has 0 aromatic carbocycles. The van der Waals surface area contributed by atoms with Crippen molar-refractivity contribution in [3.63, 3.8) is 0 Å². The smallest absolute Gasteiger partial charge is 0.0734 e. The average molecular weight is 249 g/mol. The first-order valence-corrected chi connectivity index (χ1v) is 6.91. The molecule has 0 radical (unpaired) electrons. The lowest BCUT2D eigenvalue weighted by atomic mass is 10.1. The Hall–Kier alpha value is -1.13. The van der Waals surface area contributed by atoms with Gasteiger partial charge in [0, 0.05) is 11.4 Å². The molecule has 1 atom stereocenters. The molecule has 2 heterocycles. The summed E-state index contributed by atoms with van der Waals surface area (Å²) in [5.74, 6) is 0. The molecule has 4 heteroatoms. The highest BCUT2D eigenvalue weighted by Gasteiger charge is 2.17. The second-order valence-electron chi connectivity index (χ2n) is 4.14. The summed E-state index contributed by atoms with van der Waals surface area (Å²) in [4.78, 5) is 1.29. The van der Waals surface area contributed by atoms with Crippen LogP contribution in [0, 0.1) is 6.92 Å². The normalized spacial score (nSPS) is 12.9. The quantitative estimate of drug-likeness (QED) is 0.905. The second-order valence-corrected chi connectivity index (χ2v) is 5.26. The Morgan fingerprint density at radius 3 is 2.76 bits per heavy atom. The van der Waals surface area contributed by atoms with E-state index in [0.29, 0.717) is 0 Å². The molecule has 1 unspecified atom stereocenters. The fraction of sp³-hybridized carbons (Fsp3) is 0.462. The van der Waals surface area contributed by atoms with Crippen LogP contribution in [0.4, 0.5) is 0 Å². The Morgan fingerprint density at radius 1 is 1.47 bits per heavy atom. The number of hydrogen-bond donors (Lipinski definition) is 1. The predicted molar refractivity (Wildman–Crippen MR) is 72.4 cm³/mol. The minimum atomic E-state index is -0.0611. The van der Waals surface area contributed by atoms with Crippen molar-refractivity contribution in [3.05, 3.63) is 39.3 Å². The van der Waals surface area contributed by atoms with Gasteiger partial charge >= 0.3 is 0 Å². The molecule has 0 aliphatic rings. The Bertz CT molecular complexity index is 498. The van der Waals surface area contributed by atoms with Gasteiger partial charge in [-0.3, -0.25) is 4.68 Å². The SMILES string of the molecule is CCc1cc(C(N)c2ccsc2C)n(CC)n1. The van der Waals surface area contributed by atoms with Gasteiger partial charge in [0.15, 0.2) is 0 Å². The van der Waals surface area contributed by atoms with E-state index in [-0.39, 0.29) is 6.04 Å². The molecule has 3 nitrogen and oxygen atoms in total. The molecule has 0 bridgehead atoms. The van der Waals surface area contributed by atoms with Crippen molar-refractivity contribution in [2.75, 3.05) is 0 Å². The van der Waals surface area contributed by atoms with E-state index >= 15 is 0 Å². The summed E-state index contributed by atoms with van der Waals surface area (Å²) in [6.45, 7) is 7.20. The molecule has 92 valence electrons. The van der Waals surface area contributed by atoms with Crippen molar-refractivity contribution >= 4 is 11.3 Å². The number of aryl methyl sites for hydroxylation is 3. The summed E-state index contributed by atoms with van der Waals surface area (Å²) >= 11 is 1.74. The van der Waals surface area contributed by atoms with E-state index in [9.17, 15) is 0 Å². The van der Waals surface area contributed by atoms with Crippen LogP contribution >= 0.6 is 11.3 Å². The molecule has 0 aliphatic heterocycles. The van der Waals surface area contributed by atoms with Crippen LogP contribution in [0.25, 0.3) is 0 Å². The molecule has 17 heavy (non-hydrogen) atoms. The number of rotatable bonds is 4. The summed E-state index contributed by atoms with van der Waals surface area (Å²) in [6, 6.07) is 4.18. The lowest BCUT2D eigenvalue weighted by Crippen LogP contribution is -2.17. The van der Waals surface area contributed by atoms with Gasteiger partial charge in [-0.1, -0.05) is 6.92 Å². The van der Waals surface area contributed by atoms with E-state index in [1.807, 2.05) is 4.68 Å². The highest BCUT2D eigenvalue weighted by molar-refractivity contribution is 7.10. The van der Waals surface area contributed by atoms with Crippen molar-refractivity contribution in [1.29, 1.82) is 0 Å². The van der Waals surface area contributed by atoms with Crippen molar-refractivity contribution < 1.29 is 0 Å². The molecule has 0 saturated heterocycles. The third kappa shape index (κ3) is 2.28. The van der Waals surface area contributed by atoms with Crippen molar-refractivity contribution in [2.45, 2.75) is 39.8 Å². The zero-order valence-electron chi connectivity index (χ0n) is 10.6. The van der Waals surface area contributed by atoms with Crippen molar-refractivity contribution in [3.8, 4) is 0 Å². The monoisotopic (exact) mass is 249 g/mol. The zero-order chi connectivity index (χ0) is 12.4. The van der Waals surface area contributed by atoms with E-state index in [1.165, 1.54) is 10.4 Å². The minimum Gasteiger partial charge on any atom is -0.319 e. The topological polar surface area (TPSA) is 43.8 Å². The van der Waals surface area contributed by atoms with Crippen LogP contribution in [-0.4, -0.2) is 9.78 Å². The first-order valence-electron chi connectivity index (χ1n) is 6.03. The summed E-state index contributed by atoms with van der Waals surface area (Å²) in [5, 5.41) is 6.64. The Morgan fingerprint density at radius 2 is 2.24 bits per heavy atom. The number of hydrogen-bond acceptors (Lipinski definition) is 3. The number of nitrogens with two attached hydrogens (primary N) is 1. The molecular weight excluding hydrogens is 230 g/mol. The molecule has 2 aromatic rings. The molecular formula is C13H19N3S. The Kier molecular flexibility index (Phi) is 3.64. The maximum Gasteiger partial charge on any atom is 0.0734 e. The van der Waals surface area contributed by atoms with Crippen LogP contribution in [0.15, 0.2) is 17.5 Å². The Labute approximate surface area is 106 Å². The maximum atomic E-state index is 6.35. The van der Waals surface area contributed by atoms with Gasteiger partial charge in [0.25, 0.3) is 0 Å². The molecule has 0 spiro atoms. The summed E-state index contributed by atoms with van der Waals surface area (Å²) in [5.41, 5.74) is 9.80. The molecule has 0 amide bonds. The van der Waals surface area contributed by atoms with Gasteiger partial charge in [-0.25, -0.2) is 0 Å². The first kappa shape index (κ1) is 12.3. The molecule has 2 aromatic heterocycles. The standard InChI is InChI=1S/C13H19N3S/c1-4-10-8-12(16(5-2)15-10)13(14)11-6-7-17-9(11)3/h6-8,13H,4-5,14H2,1-3H3. The lowest BCUT2D eigenvalue weighted by molar-refractivity contribution is 0.594. The van der Waals surface area contributed by atoms with Gasteiger partial charge in [-0.2, -0.15) is 5.10 Å². The van der Waals surface area contributed by atoms with Crippen LogP contribution < -0.4 is 5.73 Å². The van der Waals surface area contributed by atoms with Gasteiger partial charge in [0.1, 0.15) is 0 Å². The lowest BCUT2D eigenvalue weighted by Gasteiger charge is -2.13. The summed E-state index contributed by atoms with van der Waals surface area (Å²) < 4.78 is 2.01. The van der Waals surface area contributed by atoms with E-state index < -0.39 is 0 Å². The van der Waals surface area contributed by atoms with Crippen LogP contribution in [0.3, 0.4) is 0 Å². The van der Waals surface area contributed by atoms with E-state index in [2.05, 4.69) is 43.4 Å². The van der Waals surface area contributed by atoms with Crippen molar-refractivity contribution in [2.24, 2.45) is 5.73 Å². The third-order valence-corrected chi connectivity index (χ3v) is 3.94. The van der Waals surface area contributed by atoms with Crippen LogP contribution in [0.5, 0.6) is 0 Å². The van der Waals surface area contributed by atoms with Crippen LogP contribution in [-0.2, 0) is 13.0 Å². The number of thiophene rings is 1. The molecule has 2 N–H and O–H groups in total. The van der Waals surface area contributed by atoms with E-state index in [1.54, 1.807) is 11.3 Å². The van der Waals surface area contributed by atoms with Gasteiger partial charge in [-0.15, -0.1) is 11.3 Å². The minimum absolute atomic E-state index is 0.0611. The highest BCUT2D eigenvalue weighted by Crippen LogP contribution is 2.26. The predicted octanol–water partition coefficient (Wildman–Crippen LogP) is 2.88. The largest absolute Gasteiger partial charge is 0.319 e. The second kappa shape index (κ2) is 5.02. The molecule has 0 fully saturated rings. The van der Waals surface area contributed by atoms with Gasteiger partial charge in [0.2, 0.25) is 0 Å². The third-order valence-electron chi connectivity index (χ3n) is 3.08. The summed E-state index contributed by atoms with van der Waals surface area (Å²) in [7, 11) is 0. The molecule has 2 rings (SSSR count). The number of aromatic nitrogens is 2.